The maximum absolute atomic E-state index is 8.69. The van der Waals surface area contributed by atoms with E-state index in [0.717, 1.165) is 17.4 Å². The zero-order chi connectivity index (χ0) is 9.68. The van der Waals surface area contributed by atoms with Gasteiger partial charge >= 0.3 is 0 Å². The summed E-state index contributed by atoms with van der Waals surface area (Å²) in [6.45, 7) is 2.79. The van der Waals surface area contributed by atoms with Crippen LogP contribution in [-0.4, -0.2) is 6.04 Å². The number of nitrogens with one attached hydrogen (secondary N) is 1. The van der Waals surface area contributed by atoms with E-state index in [1.165, 1.54) is 4.88 Å². The van der Waals surface area contributed by atoms with Crippen molar-refractivity contribution in [2.45, 2.75) is 25.9 Å². The number of hydrogen-bond acceptors (Lipinski definition) is 3. The molecule has 0 saturated heterocycles. The molecule has 1 aromatic heterocycles. The molecule has 0 spiro atoms. The Morgan fingerprint density at radius 2 is 2.54 bits per heavy atom. The third-order valence-corrected chi connectivity index (χ3v) is 3.41. The molecule has 1 atom stereocenters. The summed E-state index contributed by atoms with van der Waals surface area (Å²) in [5.41, 5.74) is 0. The van der Waals surface area contributed by atoms with Crippen LogP contribution in [0.25, 0.3) is 0 Å². The number of rotatable bonds is 4. The molecule has 0 saturated carbocycles. The molecule has 0 aliphatic heterocycles. The number of halogens is 1. The first-order valence-corrected chi connectivity index (χ1v) is 5.79. The summed E-state index contributed by atoms with van der Waals surface area (Å²) < 4.78 is 1.11. The SMILES string of the molecule is CCC(C#N)NCc1cc(Br)cs1. The van der Waals surface area contributed by atoms with Crippen molar-refractivity contribution in [1.29, 1.82) is 5.26 Å². The molecule has 0 aromatic carbocycles. The van der Waals surface area contributed by atoms with Gasteiger partial charge in [-0.05, 0) is 28.4 Å². The predicted molar refractivity (Wildman–Crippen MR) is 58.6 cm³/mol. The van der Waals surface area contributed by atoms with Gasteiger partial charge in [0.25, 0.3) is 0 Å². The molecule has 13 heavy (non-hydrogen) atoms. The molecule has 1 rings (SSSR count). The Labute approximate surface area is 90.7 Å². The van der Waals surface area contributed by atoms with Crippen molar-refractivity contribution in [1.82, 2.24) is 5.32 Å². The highest BCUT2D eigenvalue weighted by molar-refractivity contribution is 9.10. The van der Waals surface area contributed by atoms with Gasteiger partial charge in [-0.15, -0.1) is 11.3 Å². The van der Waals surface area contributed by atoms with Crippen LogP contribution >= 0.6 is 27.3 Å². The fraction of sp³-hybridized carbons (Fsp3) is 0.444. The molecular formula is C9H11BrN2S. The Hall–Kier alpha value is -0.370. The zero-order valence-corrected chi connectivity index (χ0v) is 9.78. The van der Waals surface area contributed by atoms with Crippen LogP contribution in [0.15, 0.2) is 15.9 Å². The molecule has 0 amide bonds. The Morgan fingerprint density at radius 1 is 1.77 bits per heavy atom. The van der Waals surface area contributed by atoms with Gasteiger partial charge in [0.2, 0.25) is 0 Å². The molecule has 0 fully saturated rings. The Kier molecular flexibility index (Phi) is 4.43. The smallest absolute Gasteiger partial charge is 0.0953 e. The molecule has 0 radical (unpaired) electrons. The minimum atomic E-state index is -0.0270. The molecule has 0 aliphatic carbocycles. The van der Waals surface area contributed by atoms with E-state index in [1.807, 2.05) is 12.3 Å². The molecule has 1 aromatic rings. The van der Waals surface area contributed by atoms with Gasteiger partial charge in [0.15, 0.2) is 0 Å². The van der Waals surface area contributed by atoms with E-state index >= 15 is 0 Å². The Bertz CT molecular complexity index is 303. The topological polar surface area (TPSA) is 35.8 Å². The zero-order valence-electron chi connectivity index (χ0n) is 7.38. The number of hydrogen-bond donors (Lipinski definition) is 1. The third-order valence-electron chi connectivity index (χ3n) is 1.71. The second kappa shape index (κ2) is 5.38. The fourth-order valence-corrected chi connectivity index (χ4v) is 2.35. The van der Waals surface area contributed by atoms with Crippen LogP contribution in [0.5, 0.6) is 0 Å². The summed E-state index contributed by atoms with van der Waals surface area (Å²) in [5.74, 6) is 0. The average Bonchev–Trinajstić information content (AvgIpc) is 2.53. The van der Waals surface area contributed by atoms with Gasteiger partial charge in [0.1, 0.15) is 0 Å². The first-order chi connectivity index (χ1) is 6.26. The summed E-state index contributed by atoms with van der Waals surface area (Å²) in [6.07, 6.45) is 0.850. The Balaban J connectivity index is 2.39. The fourth-order valence-electron chi connectivity index (χ4n) is 0.952. The van der Waals surface area contributed by atoms with Crippen molar-refractivity contribution < 1.29 is 0 Å². The van der Waals surface area contributed by atoms with Crippen LogP contribution in [0, 0.1) is 11.3 Å². The molecule has 1 N–H and O–H groups in total. The minimum Gasteiger partial charge on any atom is -0.297 e. The lowest BCUT2D eigenvalue weighted by atomic mass is 10.2. The van der Waals surface area contributed by atoms with Crippen molar-refractivity contribution in [3.05, 3.63) is 20.8 Å². The van der Waals surface area contributed by atoms with Crippen LogP contribution in [0.4, 0.5) is 0 Å². The second-order valence-corrected chi connectivity index (χ2v) is 4.61. The molecule has 70 valence electrons. The largest absolute Gasteiger partial charge is 0.297 e. The lowest BCUT2D eigenvalue weighted by molar-refractivity contribution is 0.591. The van der Waals surface area contributed by atoms with Gasteiger partial charge < -0.3 is 0 Å². The van der Waals surface area contributed by atoms with E-state index in [0.29, 0.717) is 0 Å². The van der Waals surface area contributed by atoms with Crippen LogP contribution < -0.4 is 5.32 Å². The highest BCUT2D eigenvalue weighted by atomic mass is 79.9. The highest BCUT2D eigenvalue weighted by Crippen LogP contribution is 2.19. The summed E-state index contributed by atoms with van der Waals surface area (Å²) in [6, 6.07) is 4.25. The van der Waals surface area contributed by atoms with Crippen LogP contribution in [0.3, 0.4) is 0 Å². The lowest BCUT2D eigenvalue weighted by Gasteiger charge is -2.06. The van der Waals surface area contributed by atoms with Gasteiger partial charge in [-0.25, -0.2) is 0 Å². The molecular weight excluding hydrogens is 248 g/mol. The molecule has 1 heterocycles. The number of nitriles is 1. The van der Waals surface area contributed by atoms with Crippen LogP contribution in [-0.2, 0) is 6.54 Å². The predicted octanol–water partition coefficient (Wildman–Crippen LogP) is 2.90. The van der Waals surface area contributed by atoms with E-state index in [2.05, 4.69) is 33.4 Å². The van der Waals surface area contributed by atoms with Crippen molar-refractivity contribution in [3.8, 4) is 6.07 Å². The van der Waals surface area contributed by atoms with Gasteiger partial charge in [-0.2, -0.15) is 5.26 Å². The summed E-state index contributed by atoms with van der Waals surface area (Å²) >= 11 is 5.08. The molecule has 4 heteroatoms. The summed E-state index contributed by atoms with van der Waals surface area (Å²) in [5, 5.41) is 13.9. The maximum Gasteiger partial charge on any atom is 0.0953 e. The van der Waals surface area contributed by atoms with Crippen molar-refractivity contribution >= 4 is 27.3 Å². The van der Waals surface area contributed by atoms with E-state index < -0.39 is 0 Å². The van der Waals surface area contributed by atoms with Gasteiger partial charge in [0, 0.05) is 21.3 Å². The molecule has 1 unspecified atom stereocenters. The first kappa shape index (κ1) is 10.7. The maximum atomic E-state index is 8.69. The second-order valence-electron chi connectivity index (χ2n) is 2.70. The molecule has 2 nitrogen and oxygen atoms in total. The van der Waals surface area contributed by atoms with E-state index in [-0.39, 0.29) is 6.04 Å². The first-order valence-electron chi connectivity index (χ1n) is 4.12. The van der Waals surface area contributed by atoms with Gasteiger partial charge in [0.05, 0.1) is 12.1 Å². The monoisotopic (exact) mass is 258 g/mol. The van der Waals surface area contributed by atoms with Gasteiger partial charge in [-0.3, -0.25) is 5.32 Å². The van der Waals surface area contributed by atoms with Crippen molar-refractivity contribution in [3.63, 3.8) is 0 Å². The van der Waals surface area contributed by atoms with Crippen LogP contribution in [0.1, 0.15) is 18.2 Å². The normalized spacial score (nSPS) is 12.4. The van der Waals surface area contributed by atoms with E-state index in [4.69, 9.17) is 5.26 Å². The van der Waals surface area contributed by atoms with E-state index in [9.17, 15) is 0 Å². The summed E-state index contributed by atoms with van der Waals surface area (Å²) in [4.78, 5) is 1.25. The molecule has 0 aliphatic rings. The number of nitrogens with zero attached hydrogens (tertiary/aromatic N) is 1. The highest BCUT2D eigenvalue weighted by Gasteiger charge is 2.03. The minimum absolute atomic E-state index is 0.0270. The number of thiophene rings is 1. The van der Waals surface area contributed by atoms with Crippen molar-refractivity contribution in [2.75, 3.05) is 0 Å². The quantitative estimate of drug-likeness (QED) is 0.902. The van der Waals surface area contributed by atoms with Gasteiger partial charge in [-0.1, -0.05) is 6.92 Å². The van der Waals surface area contributed by atoms with E-state index in [1.54, 1.807) is 11.3 Å². The Morgan fingerprint density at radius 3 is 3.00 bits per heavy atom. The summed E-state index contributed by atoms with van der Waals surface area (Å²) in [7, 11) is 0. The third kappa shape index (κ3) is 3.47. The standard InChI is InChI=1S/C9H11BrN2S/c1-2-8(4-11)12-5-9-3-7(10)6-13-9/h3,6,8,12H,2,5H2,1H3. The van der Waals surface area contributed by atoms with Crippen LogP contribution in [0.2, 0.25) is 0 Å². The lowest BCUT2D eigenvalue weighted by Crippen LogP contribution is -2.25. The average molecular weight is 259 g/mol. The van der Waals surface area contributed by atoms with Crippen molar-refractivity contribution in [2.24, 2.45) is 0 Å². The molecule has 0 bridgehead atoms.